The topological polar surface area (TPSA) is 62.2 Å². The third-order valence-electron chi connectivity index (χ3n) is 5.54. The maximum absolute atomic E-state index is 13.6. The van der Waals surface area contributed by atoms with Gasteiger partial charge in [0.2, 0.25) is 5.91 Å². The molecule has 3 aliphatic heterocycles. The smallest absolute Gasteiger partial charge is 0.338 e. The first-order valence-corrected chi connectivity index (χ1v) is 11.4. The minimum Gasteiger partial charge on any atom is -0.459 e. The van der Waals surface area contributed by atoms with E-state index in [1.54, 1.807) is 32.9 Å². The van der Waals surface area contributed by atoms with Gasteiger partial charge in [-0.25, -0.2) is 14.2 Å². The highest BCUT2D eigenvalue weighted by molar-refractivity contribution is 8.16. The van der Waals surface area contributed by atoms with E-state index in [2.05, 4.69) is 4.99 Å². The van der Waals surface area contributed by atoms with Crippen LogP contribution in [0, 0.1) is 5.82 Å². The number of nitrogens with zero attached hydrogens (tertiary/aromatic N) is 3. The molecule has 1 fully saturated rings. The lowest BCUT2D eigenvalue weighted by molar-refractivity contribution is -0.143. The predicted molar refractivity (Wildman–Crippen MR) is 118 cm³/mol. The number of esters is 1. The summed E-state index contributed by atoms with van der Waals surface area (Å²) in [5, 5.41) is 2.63. The molecule has 1 aromatic rings. The normalized spacial score (nSPS) is 20.7. The molecule has 1 unspecified atom stereocenters. The molecule has 0 bridgehead atoms. The largest absolute Gasteiger partial charge is 0.459 e. The van der Waals surface area contributed by atoms with Gasteiger partial charge in [0.15, 0.2) is 5.17 Å². The van der Waals surface area contributed by atoms with E-state index in [0.29, 0.717) is 16.4 Å². The molecular formula is C23H26FN3O3S. The van der Waals surface area contributed by atoms with Gasteiger partial charge >= 0.3 is 5.97 Å². The van der Waals surface area contributed by atoms with Gasteiger partial charge in [0.05, 0.1) is 29.8 Å². The number of ether oxygens (including phenoxy) is 1. The van der Waals surface area contributed by atoms with Crippen LogP contribution in [0.15, 0.2) is 51.6 Å². The summed E-state index contributed by atoms with van der Waals surface area (Å²) in [5.74, 6) is -0.732. The van der Waals surface area contributed by atoms with Crippen LogP contribution in [0.5, 0.6) is 0 Å². The number of fused-ring (bicyclic) bond motifs is 1. The second kappa shape index (κ2) is 8.86. The zero-order valence-electron chi connectivity index (χ0n) is 17.9. The molecule has 0 saturated carbocycles. The standard InChI is InChI=1S/C23H26FN3O3S/c1-14(2)30-22(29)20-15(3)25-23-27(21(20)16-6-8-17(24)9-7-16)18(13-31-23)12-19(28)26-10-4-5-11-26/h6-9,13-14,21H,4-5,10-12H2,1-3H3. The van der Waals surface area contributed by atoms with Crippen molar-refractivity contribution >= 4 is 28.8 Å². The van der Waals surface area contributed by atoms with Gasteiger partial charge in [0.1, 0.15) is 5.82 Å². The Hall–Kier alpha value is -2.61. The van der Waals surface area contributed by atoms with Crippen molar-refractivity contribution in [3.8, 4) is 0 Å². The Labute approximate surface area is 185 Å². The van der Waals surface area contributed by atoms with E-state index in [4.69, 9.17) is 4.74 Å². The highest BCUT2D eigenvalue weighted by Gasteiger charge is 2.41. The van der Waals surface area contributed by atoms with Crippen LogP contribution in [-0.2, 0) is 14.3 Å². The van der Waals surface area contributed by atoms with E-state index in [-0.39, 0.29) is 24.2 Å². The summed E-state index contributed by atoms with van der Waals surface area (Å²) in [6.07, 6.45) is 2.00. The summed E-state index contributed by atoms with van der Waals surface area (Å²) in [6, 6.07) is 5.56. The monoisotopic (exact) mass is 443 g/mol. The van der Waals surface area contributed by atoms with Crippen molar-refractivity contribution in [2.75, 3.05) is 13.1 Å². The van der Waals surface area contributed by atoms with Crippen LogP contribution in [0.3, 0.4) is 0 Å². The minimum absolute atomic E-state index is 0.0704. The summed E-state index contributed by atoms with van der Waals surface area (Å²) >= 11 is 1.43. The Balaban J connectivity index is 1.71. The summed E-state index contributed by atoms with van der Waals surface area (Å²) < 4.78 is 19.2. The van der Waals surface area contributed by atoms with Gasteiger partial charge in [-0.2, -0.15) is 0 Å². The van der Waals surface area contributed by atoms with E-state index >= 15 is 0 Å². The molecule has 31 heavy (non-hydrogen) atoms. The number of benzene rings is 1. The van der Waals surface area contributed by atoms with Crippen LogP contribution in [-0.4, -0.2) is 46.0 Å². The van der Waals surface area contributed by atoms with Gasteiger partial charge < -0.3 is 14.5 Å². The van der Waals surface area contributed by atoms with Gasteiger partial charge in [-0.05, 0) is 56.7 Å². The lowest BCUT2D eigenvalue weighted by atomic mass is 9.93. The first-order chi connectivity index (χ1) is 14.8. The molecule has 0 aliphatic carbocycles. The number of thioether (sulfide) groups is 1. The molecule has 1 aromatic carbocycles. The lowest BCUT2D eigenvalue weighted by Crippen LogP contribution is -2.38. The highest BCUT2D eigenvalue weighted by Crippen LogP contribution is 2.45. The zero-order valence-corrected chi connectivity index (χ0v) is 18.7. The molecule has 8 heteroatoms. The molecule has 3 heterocycles. The second-order valence-electron chi connectivity index (χ2n) is 8.16. The number of carbonyl (C=O) groups excluding carboxylic acids is 2. The van der Waals surface area contributed by atoms with Crippen LogP contribution < -0.4 is 0 Å². The Kier molecular flexibility index (Phi) is 6.18. The lowest BCUT2D eigenvalue weighted by Gasteiger charge is -2.36. The van der Waals surface area contributed by atoms with E-state index in [9.17, 15) is 14.0 Å². The summed E-state index contributed by atoms with van der Waals surface area (Å²) in [5.41, 5.74) is 2.51. The first kappa shape index (κ1) is 21.6. The van der Waals surface area contributed by atoms with Crippen molar-refractivity contribution in [2.24, 2.45) is 4.99 Å². The van der Waals surface area contributed by atoms with Crippen molar-refractivity contribution in [1.82, 2.24) is 9.80 Å². The fraction of sp³-hybridized carbons (Fsp3) is 0.435. The predicted octanol–water partition coefficient (Wildman–Crippen LogP) is 4.36. The number of likely N-dealkylation sites (tertiary alicyclic amines) is 1. The van der Waals surface area contributed by atoms with E-state index in [0.717, 1.165) is 37.2 Å². The molecular weight excluding hydrogens is 417 g/mol. The zero-order chi connectivity index (χ0) is 22.1. The number of hydrogen-bond donors (Lipinski definition) is 0. The van der Waals surface area contributed by atoms with E-state index in [1.807, 2.05) is 15.2 Å². The molecule has 6 nitrogen and oxygen atoms in total. The van der Waals surface area contributed by atoms with E-state index < -0.39 is 12.0 Å². The van der Waals surface area contributed by atoms with Crippen LogP contribution in [0.25, 0.3) is 0 Å². The van der Waals surface area contributed by atoms with Crippen LogP contribution in [0.4, 0.5) is 4.39 Å². The highest BCUT2D eigenvalue weighted by atomic mass is 32.2. The summed E-state index contributed by atoms with van der Waals surface area (Å²) in [4.78, 5) is 34.3. The molecule has 0 radical (unpaired) electrons. The van der Waals surface area contributed by atoms with Crippen LogP contribution >= 0.6 is 11.8 Å². The van der Waals surface area contributed by atoms with Gasteiger partial charge in [-0.15, -0.1) is 0 Å². The van der Waals surface area contributed by atoms with Gasteiger partial charge in [0, 0.05) is 18.8 Å². The number of amidine groups is 1. The SMILES string of the molecule is CC1=C(C(=O)OC(C)C)C(c2ccc(F)cc2)N2C(CC(=O)N3CCCC3)=CSC2=N1. The molecule has 0 spiro atoms. The molecule has 1 atom stereocenters. The Morgan fingerprint density at radius 2 is 1.90 bits per heavy atom. The number of amides is 1. The molecule has 0 aromatic heterocycles. The Morgan fingerprint density at radius 3 is 2.55 bits per heavy atom. The number of halogens is 1. The maximum atomic E-state index is 13.6. The second-order valence-corrected chi connectivity index (χ2v) is 9.00. The Morgan fingerprint density at radius 1 is 1.23 bits per heavy atom. The van der Waals surface area contributed by atoms with Crippen molar-refractivity contribution < 1.29 is 18.7 Å². The number of allylic oxidation sites excluding steroid dienone is 1. The average molecular weight is 444 g/mol. The fourth-order valence-electron chi connectivity index (χ4n) is 4.10. The molecule has 1 saturated heterocycles. The first-order valence-electron chi connectivity index (χ1n) is 10.5. The van der Waals surface area contributed by atoms with E-state index in [1.165, 1.54) is 23.9 Å². The fourth-order valence-corrected chi connectivity index (χ4v) is 5.07. The molecule has 4 rings (SSSR count). The molecule has 0 N–H and O–H groups in total. The summed E-state index contributed by atoms with van der Waals surface area (Å²) in [7, 11) is 0. The molecule has 1 amide bonds. The van der Waals surface area contributed by atoms with Gasteiger partial charge in [-0.3, -0.25) is 4.79 Å². The third-order valence-corrected chi connectivity index (χ3v) is 6.43. The van der Waals surface area contributed by atoms with Gasteiger partial charge in [-0.1, -0.05) is 23.9 Å². The van der Waals surface area contributed by atoms with Crippen molar-refractivity contribution in [2.45, 2.75) is 52.2 Å². The molecule has 3 aliphatic rings. The average Bonchev–Trinajstić information content (AvgIpc) is 3.37. The Bertz CT molecular complexity index is 978. The quantitative estimate of drug-likeness (QED) is 0.633. The van der Waals surface area contributed by atoms with Crippen LogP contribution in [0.2, 0.25) is 0 Å². The summed E-state index contributed by atoms with van der Waals surface area (Å²) in [6.45, 7) is 6.94. The van der Waals surface area contributed by atoms with Gasteiger partial charge in [0.25, 0.3) is 0 Å². The molecule has 164 valence electrons. The maximum Gasteiger partial charge on any atom is 0.338 e. The number of aliphatic imine (C=N–C) groups is 1. The van der Waals surface area contributed by atoms with Crippen LogP contribution in [0.1, 0.15) is 51.6 Å². The van der Waals surface area contributed by atoms with Crippen molar-refractivity contribution in [3.05, 3.63) is 58.0 Å². The van der Waals surface area contributed by atoms with Crippen molar-refractivity contribution in [3.63, 3.8) is 0 Å². The van der Waals surface area contributed by atoms with Crippen molar-refractivity contribution in [1.29, 1.82) is 0 Å². The minimum atomic E-state index is -0.535. The number of hydrogen-bond acceptors (Lipinski definition) is 6. The number of carbonyl (C=O) groups is 2. The third kappa shape index (κ3) is 4.39. The number of rotatable bonds is 5.